The average Bonchev–Trinajstić information content (AvgIpc) is 3.72. The molecular weight excluding hydrogens is 742 g/mol. The number of alkyl halides is 3. The molecule has 0 spiro atoms. The maximum atomic E-state index is 13.4. The lowest BCUT2D eigenvalue weighted by Crippen LogP contribution is -2.48. The summed E-state index contributed by atoms with van der Waals surface area (Å²) in [6.45, 7) is 4.39. The van der Waals surface area contributed by atoms with Crippen LogP contribution in [0.5, 0.6) is 0 Å². The highest BCUT2D eigenvalue weighted by molar-refractivity contribution is 6.06. The summed E-state index contributed by atoms with van der Waals surface area (Å²) in [5.74, 6) is -0.941. The molecule has 2 aliphatic heterocycles. The highest BCUT2D eigenvalue weighted by Gasteiger charge is 2.34. The molecule has 1 atom stereocenters. The molecule has 5 heterocycles. The monoisotopic (exact) mass is 786 g/mol. The minimum absolute atomic E-state index is 0.196. The fourth-order valence-corrected chi connectivity index (χ4v) is 8.67. The highest BCUT2D eigenvalue weighted by Crippen LogP contribution is 2.37. The average molecular weight is 787 g/mol. The molecule has 2 N–H and O–H groups in total. The number of nitrogens with one attached hydrogen (secondary N) is 2. The van der Waals surface area contributed by atoms with Crippen molar-refractivity contribution in [1.82, 2.24) is 34.1 Å². The number of hydrogen-bond acceptors (Lipinski definition) is 9. The van der Waals surface area contributed by atoms with Gasteiger partial charge in [0.25, 0.3) is 5.91 Å². The van der Waals surface area contributed by atoms with E-state index in [9.17, 15) is 32.3 Å². The van der Waals surface area contributed by atoms with Gasteiger partial charge in [-0.3, -0.25) is 38.4 Å². The predicted octanol–water partition coefficient (Wildman–Crippen LogP) is 4.95. The lowest BCUT2D eigenvalue weighted by Gasteiger charge is -2.39. The summed E-state index contributed by atoms with van der Waals surface area (Å²) in [6, 6.07) is 12.3. The van der Waals surface area contributed by atoms with E-state index < -0.39 is 29.7 Å². The summed E-state index contributed by atoms with van der Waals surface area (Å²) >= 11 is 0. The van der Waals surface area contributed by atoms with E-state index in [1.54, 1.807) is 17.7 Å². The molecule has 2 aromatic carbocycles. The first-order chi connectivity index (χ1) is 27.2. The molecule has 1 aliphatic carbocycles. The van der Waals surface area contributed by atoms with Crippen molar-refractivity contribution in [2.75, 3.05) is 61.9 Å². The van der Waals surface area contributed by atoms with Crippen LogP contribution in [0.4, 0.5) is 30.2 Å². The highest BCUT2D eigenvalue weighted by atomic mass is 19.4. The van der Waals surface area contributed by atoms with Crippen LogP contribution in [0.15, 0.2) is 59.5 Å². The number of carbonyl (C=O) groups is 3. The van der Waals surface area contributed by atoms with Crippen LogP contribution >= 0.6 is 0 Å². The fourth-order valence-electron chi connectivity index (χ4n) is 8.67. The number of para-hydroxylation sites is 1. The van der Waals surface area contributed by atoms with Gasteiger partial charge in [0.15, 0.2) is 0 Å². The van der Waals surface area contributed by atoms with E-state index in [0.29, 0.717) is 29.2 Å². The molecule has 8 rings (SSSR count). The smallest absolute Gasteiger partial charge is 0.376 e. The van der Waals surface area contributed by atoms with E-state index in [-0.39, 0.29) is 29.8 Å². The number of imide groups is 1. The van der Waals surface area contributed by atoms with Crippen molar-refractivity contribution in [2.24, 2.45) is 13.0 Å². The van der Waals surface area contributed by atoms with Crippen LogP contribution in [0.2, 0.25) is 0 Å². The Morgan fingerprint density at radius 2 is 1.70 bits per heavy atom. The Morgan fingerprint density at radius 3 is 2.40 bits per heavy atom. The van der Waals surface area contributed by atoms with Gasteiger partial charge in [0.05, 0.1) is 39.7 Å². The van der Waals surface area contributed by atoms with Crippen LogP contribution in [0, 0.1) is 5.92 Å². The minimum atomic E-state index is -4.66. The van der Waals surface area contributed by atoms with Gasteiger partial charge in [-0.25, -0.2) is 9.78 Å². The first kappa shape index (κ1) is 38.2. The lowest BCUT2D eigenvalue weighted by atomic mass is 9.85. The normalized spacial score (nSPS) is 20.9. The van der Waals surface area contributed by atoms with E-state index in [0.717, 1.165) is 86.6 Å². The van der Waals surface area contributed by atoms with Gasteiger partial charge in [-0.1, -0.05) is 12.1 Å². The zero-order valence-corrected chi connectivity index (χ0v) is 32.1. The number of benzene rings is 2. The number of amides is 3. The van der Waals surface area contributed by atoms with Gasteiger partial charge in [0, 0.05) is 71.9 Å². The SMILES string of the molecule is CN(C)c1cc2nn(C3CCC(CN4CCN(c5cccc6c5n(C)c(=O)n6C5CCC(=O)NC5=O)CC4)CC3)cc2cc1NC(=O)c1cccc(C(F)(F)F)n1. The van der Waals surface area contributed by atoms with Crippen molar-refractivity contribution in [3.63, 3.8) is 0 Å². The second-order valence-electron chi connectivity index (χ2n) is 15.6. The van der Waals surface area contributed by atoms with E-state index in [1.165, 1.54) is 16.7 Å². The zero-order valence-electron chi connectivity index (χ0n) is 32.1. The fraction of sp³-hybridized carbons (Fsp3) is 0.450. The number of piperidine rings is 1. The van der Waals surface area contributed by atoms with Gasteiger partial charge in [-0.2, -0.15) is 18.3 Å². The van der Waals surface area contributed by atoms with Crippen LogP contribution in [0.1, 0.15) is 66.8 Å². The number of imidazole rings is 1. The first-order valence-electron chi connectivity index (χ1n) is 19.3. The van der Waals surface area contributed by atoms with Gasteiger partial charge >= 0.3 is 11.9 Å². The molecule has 3 amide bonds. The molecule has 3 fully saturated rings. The van der Waals surface area contributed by atoms with Gasteiger partial charge in [-0.05, 0) is 74.4 Å². The number of fused-ring (bicyclic) bond motifs is 2. The molecule has 2 saturated heterocycles. The summed E-state index contributed by atoms with van der Waals surface area (Å²) in [5, 5.41) is 10.9. The standard InChI is InChI=1S/C40H45F3N10O4/c1-48(2)33-21-28-25(20-29(33)45-37(55)27-6-4-9-34(44-27)40(41,42)43)23-52(47-28)26-12-10-24(11-13-26)22-50-16-18-51(19-17-50)30-7-5-8-31-36(30)49(3)39(57)53(31)32-14-15-35(54)46-38(32)56/h4-9,20-21,23-24,26,32H,10-19,22H2,1-3H3,(H,45,55)(H,46,54,56). The van der Waals surface area contributed by atoms with Crippen LogP contribution in [0.3, 0.4) is 0 Å². The van der Waals surface area contributed by atoms with Crippen LogP contribution < -0.4 is 26.1 Å². The third kappa shape index (κ3) is 7.47. The van der Waals surface area contributed by atoms with Gasteiger partial charge < -0.3 is 15.1 Å². The maximum Gasteiger partial charge on any atom is 0.433 e. The van der Waals surface area contributed by atoms with Gasteiger partial charge in [0.2, 0.25) is 11.8 Å². The summed E-state index contributed by atoms with van der Waals surface area (Å²) < 4.78 is 44.9. The van der Waals surface area contributed by atoms with Crippen molar-refractivity contribution >= 4 is 56.7 Å². The van der Waals surface area contributed by atoms with Crippen molar-refractivity contribution in [2.45, 2.75) is 56.8 Å². The largest absolute Gasteiger partial charge is 0.433 e. The van der Waals surface area contributed by atoms with Crippen LogP contribution in [-0.4, -0.2) is 93.3 Å². The summed E-state index contributed by atoms with van der Waals surface area (Å²) in [4.78, 5) is 61.1. The number of aryl methyl sites for hydroxylation is 1. The molecule has 1 saturated carbocycles. The minimum Gasteiger partial charge on any atom is -0.376 e. The molecule has 0 bridgehead atoms. The number of aromatic nitrogens is 5. The van der Waals surface area contributed by atoms with Crippen molar-refractivity contribution < 1.29 is 27.6 Å². The van der Waals surface area contributed by atoms with E-state index in [4.69, 9.17) is 5.10 Å². The second kappa shape index (κ2) is 15.0. The topological polar surface area (TPSA) is 143 Å². The molecule has 57 heavy (non-hydrogen) atoms. The van der Waals surface area contributed by atoms with Crippen molar-refractivity contribution in [3.05, 3.63) is 76.6 Å². The Labute approximate surface area is 326 Å². The predicted molar refractivity (Wildman–Crippen MR) is 209 cm³/mol. The van der Waals surface area contributed by atoms with Crippen molar-refractivity contribution in [1.29, 1.82) is 0 Å². The zero-order chi connectivity index (χ0) is 40.2. The van der Waals surface area contributed by atoms with Gasteiger partial charge in [0.1, 0.15) is 17.4 Å². The number of nitrogens with zero attached hydrogens (tertiary/aromatic N) is 8. The summed E-state index contributed by atoms with van der Waals surface area (Å²) in [7, 11) is 5.38. The van der Waals surface area contributed by atoms with Crippen molar-refractivity contribution in [3.8, 4) is 0 Å². The third-order valence-corrected chi connectivity index (χ3v) is 11.7. The Balaban J connectivity index is 0.887. The number of piperazine rings is 1. The Bertz CT molecular complexity index is 2420. The first-order valence-corrected chi connectivity index (χ1v) is 19.3. The number of hydrogen-bond donors (Lipinski definition) is 2. The number of anilines is 3. The number of carbonyl (C=O) groups excluding carboxylic acids is 3. The summed E-state index contributed by atoms with van der Waals surface area (Å²) in [6.07, 6.45) is 1.88. The molecule has 0 radical (unpaired) electrons. The van der Waals surface area contributed by atoms with E-state index >= 15 is 0 Å². The molecule has 300 valence electrons. The Morgan fingerprint density at radius 1 is 0.965 bits per heavy atom. The molecule has 3 aromatic heterocycles. The van der Waals surface area contributed by atoms with Crippen LogP contribution in [0.25, 0.3) is 21.9 Å². The molecule has 14 nitrogen and oxygen atoms in total. The molecule has 3 aliphatic rings. The number of pyridine rings is 1. The number of halogens is 3. The third-order valence-electron chi connectivity index (χ3n) is 11.7. The molecule has 5 aromatic rings. The maximum absolute atomic E-state index is 13.4. The lowest BCUT2D eigenvalue weighted by molar-refractivity contribution is -0.141. The summed E-state index contributed by atoms with van der Waals surface area (Å²) in [5.41, 5.74) is 2.60. The molecular formula is C40H45F3N10O4. The second-order valence-corrected chi connectivity index (χ2v) is 15.6. The van der Waals surface area contributed by atoms with E-state index in [1.807, 2.05) is 54.1 Å². The van der Waals surface area contributed by atoms with Gasteiger partial charge in [-0.15, -0.1) is 0 Å². The number of rotatable bonds is 8. The Hall–Kier alpha value is -5.71. The van der Waals surface area contributed by atoms with Crippen LogP contribution in [-0.2, 0) is 22.8 Å². The molecule has 1 unspecified atom stereocenters. The van der Waals surface area contributed by atoms with E-state index in [2.05, 4.69) is 25.4 Å². The molecule has 17 heteroatoms. The Kier molecular flexibility index (Phi) is 10.0. The quantitative estimate of drug-likeness (QED) is 0.209.